The standard InChI is InChI=1S/C17H22ClN3O3/c1-9-5-6-13(18)19-14(9)20-15(22)12-8-10-7-11(10)21(12)16(23)24-17(2,3)4/h5-6,10-12H,7-8H2,1-4H3,(H,19,20,22)/t10-,11+,12?/m1/s1. The largest absolute Gasteiger partial charge is 0.444 e. The van der Waals surface area contributed by atoms with Gasteiger partial charge in [-0.2, -0.15) is 0 Å². The SMILES string of the molecule is Cc1ccc(Cl)nc1NC(=O)C1C[C@H]2C[C@@H]2N1C(=O)OC(C)(C)C. The molecule has 2 heterocycles. The predicted octanol–water partition coefficient (Wildman–Crippen LogP) is 3.38. The van der Waals surface area contributed by atoms with E-state index in [1.807, 2.05) is 27.7 Å². The fourth-order valence-corrected chi connectivity index (χ4v) is 3.25. The minimum atomic E-state index is -0.587. The molecule has 6 nitrogen and oxygen atoms in total. The Hall–Kier alpha value is -1.82. The highest BCUT2D eigenvalue weighted by Crippen LogP contribution is 2.48. The Morgan fingerprint density at radius 1 is 1.33 bits per heavy atom. The maximum absolute atomic E-state index is 12.7. The van der Waals surface area contributed by atoms with Crippen LogP contribution in [0, 0.1) is 12.8 Å². The molecule has 3 rings (SSSR count). The molecular formula is C17H22ClN3O3. The first-order valence-corrected chi connectivity index (χ1v) is 8.49. The number of fused-ring (bicyclic) bond motifs is 1. The number of ether oxygens (including phenoxy) is 1. The van der Waals surface area contributed by atoms with E-state index in [0.717, 1.165) is 12.0 Å². The van der Waals surface area contributed by atoms with Crippen LogP contribution >= 0.6 is 11.6 Å². The number of carbonyl (C=O) groups is 2. The third kappa shape index (κ3) is 3.48. The van der Waals surface area contributed by atoms with Crippen LogP contribution in [0.5, 0.6) is 0 Å². The van der Waals surface area contributed by atoms with Gasteiger partial charge in [0.15, 0.2) is 0 Å². The van der Waals surface area contributed by atoms with Crippen LogP contribution < -0.4 is 5.32 Å². The molecule has 130 valence electrons. The van der Waals surface area contributed by atoms with E-state index < -0.39 is 17.7 Å². The van der Waals surface area contributed by atoms with E-state index in [2.05, 4.69) is 10.3 Å². The second kappa shape index (κ2) is 5.92. The van der Waals surface area contributed by atoms with Crippen LogP contribution in [0.15, 0.2) is 12.1 Å². The molecule has 1 aliphatic heterocycles. The quantitative estimate of drug-likeness (QED) is 0.829. The summed E-state index contributed by atoms with van der Waals surface area (Å²) in [5, 5.41) is 3.11. The van der Waals surface area contributed by atoms with Crippen LogP contribution in [-0.4, -0.2) is 39.6 Å². The summed E-state index contributed by atoms with van der Waals surface area (Å²) < 4.78 is 5.46. The third-order valence-electron chi connectivity index (χ3n) is 4.32. The van der Waals surface area contributed by atoms with Crippen molar-refractivity contribution in [2.24, 2.45) is 5.92 Å². The number of likely N-dealkylation sites (tertiary alicyclic amines) is 1. The molecule has 1 saturated carbocycles. The number of nitrogens with one attached hydrogen (secondary N) is 1. The predicted molar refractivity (Wildman–Crippen MR) is 91.0 cm³/mol. The molecule has 1 aromatic heterocycles. The Morgan fingerprint density at radius 3 is 2.71 bits per heavy atom. The summed E-state index contributed by atoms with van der Waals surface area (Å²) >= 11 is 5.89. The highest BCUT2D eigenvalue weighted by molar-refractivity contribution is 6.29. The van der Waals surface area contributed by atoms with Gasteiger partial charge in [0, 0.05) is 6.04 Å². The van der Waals surface area contributed by atoms with Gasteiger partial charge < -0.3 is 10.1 Å². The Balaban J connectivity index is 1.74. The normalized spacial score (nSPS) is 25.2. The zero-order valence-electron chi connectivity index (χ0n) is 14.3. The molecule has 0 bridgehead atoms. The first-order valence-electron chi connectivity index (χ1n) is 8.11. The maximum Gasteiger partial charge on any atom is 0.411 e. The van der Waals surface area contributed by atoms with E-state index in [-0.39, 0.29) is 11.9 Å². The number of pyridine rings is 1. The number of aryl methyl sites for hydroxylation is 1. The summed E-state index contributed by atoms with van der Waals surface area (Å²) in [4.78, 5) is 30.9. The molecule has 2 aliphatic rings. The summed E-state index contributed by atoms with van der Waals surface area (Å²) in [6.45, 7) is 7.30. The first-order chi connectivity index (χ1) is 11.2. The van der Waals surface area contributed by atoms with Crippen molar-refractivity contribution in [1.29, 1.82) is 0 Å². The molecular weight excluding hydrogens is 330 g/mol. The molecule has 1 aromatic rings. The zero-order valence-corrected chi connectivity index (χ0v) is 15.1. The van der Waals surface area contributed by atoms with Crippen molar-refractivity contribution in [1.82, 2.24) is 9.88 Å². The van der Waals surface area contributed by atoms with E-state index >= 15 is 0 Å². The Morgan fingerprint density at radius 2 is 2.04 bits per heavy atom. The summed E-state index contributed by atoms with van der Waals surface area (Å²) in [7, 11) is 0. The van der Waals surface area contributed by atoms with Gasteiger partial charge in [-0.1, -0.05) is 17.7 Å². The second-order valence-electron chi connectivity index (χ2n) is 7.49. The molecule has 0 aromatic carbocycles. The number of anilines is 1. The van der Waals surface area contributed by atoms with Crippen LogP contribution in [-0.2, 0) is 9.53 Å². The number of hydrogen-bond donors (Lipinski definition) is 1. The maximum atomic E-state index is 12.7. The van der Waals surface area contributed by atoms with Gasteiger partial charge in [-0.05, 0) is 58.1 Å². The molecule has 7 heteroatoms. The lowest BCUT2D eigenvalue weighted by atomic mass is 10.1. The van der Waals surface area contributed by atoms with Crippen molar-refractivity contribution in [3.63, 3.8) is 0 Å². The van der Waals surface area contributed by atoms with Crippen molar-refractivity contribution in [2.45, 2.75) is 58.2 Å². The molecule has 0 spiro atoms. The molecule has 1 unspecified atom stereocenters. The molecule has 1 aliphatic carbocycles. The van der Waals surface area contributed by atoms with Crippen molar-refractivity contribution >= 4 is 29.4 Å². The average molecular weight is 352 g/mol. The van der Waals surface area contributed by atoms with Gasteiger partial charge in [0.1, 0.15) is 22.6 Å². The second-order valence-corrected chi connectivity index (χ2v) is 7.88. The van der Waals surface area contributed by atoms with Gasteiger partial charge in [0.05, 0.1) is 0 Å². The molecule has 0 radical (unpaired) electrons. The van der Waals surface area contributed by atoms with Gasteiger partial charge in [0.2, 0.25) is 5.91 Å². The minimum Gasteiger partial charge on any atom is -0.444 e. The average Bonchev–Trinajstić information content (AvgIpc) is 3.11. The van der Waals surface area contributed by atoms with Crippen LogP contribution in [0.3, 0.4) is 0 Å². The first kappa shape index (κ1) is 17.0. The number of piperidine rings is 1. The number of carbonyl (C=O) groups excluding carboxylic acids is 2. The number of hydrogen-bond acceptors (Lipinski definition) is 4. The number of aromatic nitrogens is 1. The number of halogens is 1. The molecule has 1 N–H and O–H groups in total. The van der Waals surface area contributed by atoms with E-state index in [1.54, 1.807) is 17.0 Å². The van der Waals surface area contributed by atoms with E-state index in [0.29, 0.717) is 23.3 Å². The fourth-order valence-electron chi connectivity index (χ4n) is 3.10. The van der Waals surface area contributed by atoms with E-state index in [9.17, 15) is 9.59 Å². The van der Waals surface area contributed by atoms with Gasteiger partial charge >= 0.3 is 6.09 Å². The van der Waals surface area contributed by atoms with Gasteiger partial charge in [-0.3, -0.25) is 9.69 Å². The monoisotopic (exact) mass is 351 g/mol. The van der Waals surface area contributed by atoms with Crippen molar-refractivity contribution in [3.05, 3.63) is 22.8 Å². The Kier molecular flexibility index (Phi) is 4.20. The molecule has 2 amide bonds. The Bertz CT molecular complexity index is 686. The zero-order chi connectivity index (χ0) is 17.6. The smallest absolute Gasteiger partial charge is 0.411 e. The summed E-state index contributed by atoms with van der Waals surface area (Å²) in [6, 6.07) is 3.06. The molecule has 1 saturated heterocycles. The van der Waals surface area contributed by atoms with E-state index in [4.69, 9.17) is 16.3 Å². The van der Waals surface area contributed by atoms with Crippen LogP contribution in [0.1, 0.15) is 39.2 Å². The highest BCUT2D eigenvalue weighted by Gasteiger charge is 2.57. The topological polar surface area (TPSA) is 71.5 Å². The van der Waals surface area contributed by atoms with Crippen LogP contribution in [0.2, 0.25) is 5.15 Å². The molecule has 3 atom stereocenters. The molecule has 2 fully saturated rings. The summed E-state index contributed by atoms with van der Waals surface area (Å²) in [5.74, 6) is 0.574. The summed E-state index contributed by atoms with van der Waals surface area (Å²) in [6.07, 6.45) is 1.18. The summed E-state index contributed by atoms with van der Waals surface area (Å²) in [5.41, 5.74) is 0.232. The Labute approximate surface area is 146 Å². The lowest BCUT2D eigenvalue weighted by Gasteiger charge is -2.29. The van der Waals surface area contributed by atoms with Crippen LogP contribution in [0.4, 0.5) is 10.6 Å². The van der Waals surface area contributed by atoms with Crippen molar-refractivity contribution in [2.75, 3.05) is 5.32 Å². The lowest BCUT2D eigenvalue weighted by molar-refractivity contribution is -0.121. The highest BCUT2D eigenvalue weighted by atomic mass is 35.5. The number of nitrogens with zero attached hydrogens (tertiary/aromatic N) is 2. The fraction of sp³-hybridized carbons (Fsp3) is 0.588. The number of rotatable bonds is 2. The van der Waals surface area contributed by atoms with Gasteiger partial charge in [-0.25, -0.2) is 9.78 Å². The third-order valence-corrected chi connectivity index (χ3v) is 4.53. The van der Waals surface area contributed by atoms with Crippen molar-refractivity contribution in [3.8, 4) is 0 Å². The van der Waals surface area contributed by atoms with E-state index in [1.165, 1.54) is 0 Å². The number of amides is 2. The van der Waals surface area contributed by atoms with Gasteiger partial charge in [-0.15, -0.1) is 0 Å². The minimum absolute atomic E-state index is 0.115. The van der Waals surface area contributed by atoms with Crippen molar-refractivity contribution < 1.29 is 14.3 Å². The van der Waals surface area contributed by atoms with Gasteiger partial charge in [0.25, 0.3) is 0 Å². The van der Waals surface area contributed by atoms with Crippen LogP contribution in [0.25, 0.3) is 0 Å². The lowest BCUT2D eigenvalue weighted by Crippen LogP contribution is -2.47. The molecule has 24 heavy (non-hydrogen) atoms.